The molecule has 96 valence electrons. The lowest BCUT2D eigenvalue weighted by molar-refractivity contribution is 0.378. The summed E-state index contributed by atoms with van der Waals surface area (Å²) in [5, 5.41) is 7.99. The first-order valence-corrected chi connectivity index (χ1v) is 6.62. The molecule has 1 unspecified atom stereocenters. The molecule has 4 nitrogen and oxygen atoms in total. The van der Waals surface area contributed by atoms with E-state index in [0.29, 0.717) is 11.5 Å². The Bertz CT molecular complexity index is 570. The van der Waals surface area contributed by atoms with Crippen LogP contribution >= 0.6 is 0 Å². The van der Waals surface area contributed by atoms with Gasteiger partial charge >= 0.3 is 0 Å². The molecule has 1 N–H and O–H groups in total. The van der Waals surface area contributed by atoms with Crippen LogP contribution in [-0.4, -0.2) is 20.6 Å². The first-order valence-electron chi connectivity index (χ1n) is 6.62. The molecule has 3 rings (SSSR count). The van der Waals surface area contributed by atoms with E-state index in [1.165, 1.54) is 19.3 Å². The predicted octanol–water partition coefficient (Wildman–Crippen LogP) is 3.03. The average molecular weight is 244 g/mol. The van der Waals surface area contributed by atoms with Crippen LogP contribution in [0.4, 0.5) is 5.95 Å². The summed E-state index contributed by atoms with van der Waals surface area (Å²) in [5.74, 6) is 0.756. The predicted molar refractivity (Wildman–Crippen MR) is 72.8 cm³/mol. The Kier molecular flexibility index (Phi) is 2.54. The van der Waals surface area contributed by atoms with Gasteiger partial charge in [0.05, 0.1) is 0 Å². The maximum atomic E-state index is 4.53. The molecule has 2 aromatic rings. The first-order chi connectivity index (χ1) is 8.53. The molecule has 0 radical (unpaired) electrons. The number of hydrogen-bond acceptors (Lipinski definition) is 3. The molecule has 1 saturated carbocycles. The third-order valence-electron chi connectivity index (χ3n) is 3.85. The maximum Gasteiger partial charge on any atom is 0.243 e. The zero-order valence-corrected chi connectivity index (χ0v) is 11.3. The highest BCUT2D eigenvalue weighted by Gasteiger charge is 2.31. The van der Waals surface area contributed by atoms with Gasteiger partial charge in [-0.05, 0) is 43.7 Å². The van der Waals surface area contributed by atoms with E-state index in [2.05, 4.69) is 29.2 Å². The quantitative estimate of drug-likeness (QED) is 0.883. The van der Waals surface area contributed by atoms with Crippen molar-refractivity contribution in [3.63, 3.8) is 0 Å². The van der Waals surface area contributed by atoms with E-state index in [1.807, 2.05) is 29.6 Å². The second kappa shape index (κ2) is 3.97. The molecule has 1 fully saturated rings. The third kappa shape index (κ3) is 2.07. The van der Waals surface area contributed by atoms with Crippen molar-refractivity contribution in [2.75, 3.05) is 5.32 Å². The highest BCUT2D eigenvalue weighted by Crippen LogP contribution is 2.37. The number of nitrogens with zero attached hydrogens (tertiary/aromatic N) is 3. The Balaban J connectivity index is 1.81. The number of pyridine rings is 1. The molecule has 4 heteroatoms. The monoisotopic (exact) mass is 244 g/mol. The number of hydrogen-bond donors (Lipinski definition) is 1. The SMILES string of the molecule is Cc1cccc2nc(NC3CCC(C)(C)C3)nn12. The van der Waals surface area contributed by atoms with Crippen molar-refractivity contribution in [1.82, 2.24) is 14.6 Å². The van der Waals surface area contributed by atoms with Crippen LogP contribution in [0, 0.1) is 12.3 Å². The van der Waals surface area contributed by atoms with Gasteiger partial charge in [-0.3, -0.25) is 0 Å². The fraction of sp³-hybridized carbons (Fsp3) is 0.571. The second-order valence-electron chi connectivity index (χ2n) is 6.12. The normalized spacial score (nSPS) is 22.5. The molecule has 2 heterocycles. The summed E-state index contributed by atoms with van der Waals surface area (Å²) in [6.07, 6.45) is 3.68. The largest absolute Gasteiger partial charge is 0.350 e. The van der Waals surface area contributed by atoms with E-state index < -0.39 is 0 Å². The molecule has 0 amide bonds. The van der Waals surface area contributed by atoms with E-state index in [9.17, 15) is 0 Å². The minimum Gasteiger partial charge on any atom is -0.350 e. The standard InChI is InChI=1S/C14H20N4/c1-10-5-4-6-12-16-13(17-18(10)12)15-11-7-8-14(2,3)9-11/h4-6,11H,7-9H2,1-3H3,(H,15,17). The summed E-state index contributed by atoms with van der Waals surface area (Å²) in [4.78, 5) is 4.53. The second-order valence-corrected chi connectivity index (χ2v) is 6.12. The molecule has 18 heavy (non-hydrogen) atoms. The van der Waals surface area contributed by atoms with Crippen molar-refractivity contribution in [2.24, 2.45) is 5.41 Å². The third-order valence-corrected chi connectivity index (χ3v) is 3.85. The fourth-order valence-corrected chi connectivity index (χ4v) is 2.84. The molecule has 1 aliphatic carbocycles. The van der Waals surface area contributed by atoms with E-state index >= 15 is 0 Å². The Morgan fingerprint density at radius 3 is 2.89 bits per heavy atom. The van der Waals surface area contributed by atoms with Crippen LogP contribution in [0.3, 0.4) is 0 Å². The minimum absolute atomic E-state index is 0.451. The highest BCUT2D eigenvalue weighted by atomic mass is 15.4. The van der Waals surface area contributed by atoms with Crippen LogP contribution in [0.2, 0.25) is 0 Å². The summed E-state index contributed by atoms with van der Waals surface area (Å²) in [6, 6.07) is 6.56. The summed E-state index contributed by atoms with van der Waals surface area (Å²) >= 11 is 0. The smallest absolute Gasteiger partial charge is 0.243 e. The van der Waals surface area contributed by atoms with Gasteiger partial charge in [-0.1, -0.05) is 19.9 Å². The van der Waals surface area contributed by atoms with Crippen molar-refractivity contribution < 1.29 is 0 Å². The van der Waals surface area contributed by atoms with Crippen LogP contribution < -0.4 is 5.32 Å². The van der Waals surface area contributed by atoms with Crippen LogP contribution in [0.25, 0.3) is 5.65 Å². The lowest BCUT2D eigenvalue weighted by Gasteiger charge is -2.17. The molecule has 0 spiro atoms. The fourth-order valence-electron chi connectivity index (χ4n) is 2.84. The summed E-state index contributed by atoms with van der Waals surface area (Å²) in [6.45, 7) is 6.70. The Morgan fingerprint density at radius 2 is 2.22 bits per heavy atom. The van der Waals surface area contributed by atoms with Gasteiger partial charge in [-0.15, -0.1) is 5.10 Å². The zero-order chi connectivity index (χ0) is 12.8. The number of anilines is 1. The van der Waals surface area contributed by atoms with Gasteiger partial charge in [-0.25, -0.2) is 4.52 Å². The lowest BCUT2D eigenvalue weighted by atomic mass is 9.92. The van der Waals surface area contributed by atoms with E-state index in [4.69, 9.17) is 0 Å². The Morgan fingerprint density at radius 1 is 1.39 bits per heavy atom. The minimum atomic E-state index is 0.451. The maximum absolute atomic E-state index is 4.53. The van der Waals surface area contributed by atoms with Gasteiger partial charge in [-0.2, -0.15) is 4.98 Å². The van der Waals surface area contributed by atoms with Crippen molar-refractivity contribution >= 4 is 11.6 Å². The number of rotatable bonds is 2. The molecule has 0 bridgehead atoms. The Hall–Kier alpha value is -1.58. The van der Waals surface area contributed by atoms with Gasteiger partial charge in [0.15, 0.2) is 5.65 Å². The lowest BCUT2D eigenvalue weighted by Crippen LogP contribution is -2.18. The van der Waals surface area contributed by atoms with Crippen LogP contribution in [-0.2, 0) is 0 Å². The van der Waals surface area contributed by atoms with Crippen LogP contribution in [0.1, 0.15) is 38.8 Å². The van der Waals surface area contributed by atoms with Gasteiger partial charge in [0.2, 0.25) is 5.95 Å². The number of fused-ring (bicyclic) bond motifs is 1. The van der Waals surface area contributed by atoms with Crippen molar-refractivity contribution in [3.8, 4) is 0 Å². The molecular formula is C14H20N4. The number of nitrogens with one attached hydrogen (secondary N) is 1. The molecule has 1 atom stereocenters. The first kappa shape index (κ1) is 11.5. The van der Waals surface area contributed by atoms with E-state index in [-0.39, 0.29) is 0 Å². The number of aryl methyl sites for hydroxylation is 1. The molecule has 1 aliphatic rings. The van der Waals surface area contributed by atoms with Crippen molar-refractivity contribution in [3.05, 3.63) is 23.9 Å². The summed E-state index contributed by atoms with van der Waals surface area (Å²) in [7, 11) is 0. The van der Waals surface area contributed by atoms with Crippen LogP contribution in [0.5, 0.6) is 0 Å². The number of aromatic nitrogens is 3. The van der Waals surface area contributed by atoms with Crippen LogP contribution in [0.15, 0.2) is 18.2 Å². The van der Waals surface area contributed by atoms with Gasteiger partial charge in [0, 0.05) is 11.7 Å². The van der Waals surface area contributed by atoms with Crippen molar-refractivity contribution in [1.29, 1.82) is 0 Å². The molecular weight excluding hydrogens is 224 g/mol. The van der Waals surface area contributed by atoms with E-state index in [0.717, 1.165) is 17.3 Å². The zero-order valence-electron chi connectivity index (χ0n) is 11.3. The Labute approximate surface area is 107 Å². The van der Waals surface area contributed by atoms with Gasteiger partial charge < -0.3 is 5.32 Å². The van der Waals surface area contributed by atoms with Gasteiger partial charge in [0.25, 0.3) is 0 Å². The van der Waals surface area contributed by atoms with Gasteiger partial charge in [0.1, 0.15) is 0 Å². The summed E-state index contributed by atoms with van der Waals surface area (Å²) in [5.41, 5.74) is 2.47. The van der Waals surface area contributed by atoms with E-state index in [1.54, 1.807) is 0 Å². The molecule has 0 aliphatic heterocycles. The molecule has 0 saturated heterocycles. The molecule has 2 aromatic heterocycles. The van der Waals surface area contributed by atoms with Crippen molar-refractivity contribution in [2.45, 2.75) is 46.1 Å². The summed E-state index contributed by atoms with van der Waals surface area (Å²) < 4.78 is 1.89. The topological polar surface area (TPSA) is 42.2 Å². The molecule has 0 aromatic carbocycles. The highest BCUT2D eigenvalue weighted by molar-refractivity contribution is 5.44. The average Bonchev–Trinajstić information content (AvgIpc) is 2.83.